The summed E-state index contributed by atoms with van der Waals surface area (Å²) in [6.45, 7) is 2.02. The molecule has 0 atom stereocenters. The minimum Gasteiger partial charge on any atom is -0.497 e. The van der Waals surface area contributed by atoms with E-state index in [2.05, 4.69) is 0 Å². The van der Waals surface area contributed by atoms with Crippen LogP contribution in [0.2, 0.25) is 0 Å². The average molecular weight is 256 g/mol. The normalized spacial score (nSPS) is 10.0. The van der Waals surface area contributed by atoms with Crippen molar-refractivity contribution >= 4 is 5.78 Å². The van der Waals surface area contributed by atoms with Gasteiger partial charge in [-0.3, -0.25) is 4.79 Å². The van der Waals surface area contributed by atoms with Crippen LogP contribution >= 0.6 is 0 Å². The Hall–Kier alpha value is -2.29. The molecule has 0 aliphatic heterocycles. The molecule has 3 heteroatoms. The maximum atomic E-state index is 11.9. The summed E-state index contributed by atoms with van der Waals surface area (Å²) in [5.74, 6) is 1.39. The number of carbonyl (C=O) groups is 1. The summed E-state index contributed by atoms with van der Waals surface area (Å²) in [6.07, 6.45) is 0. The lowest BCUT2D eigenvalue weighted by molar-refractivity contribution is 0.0921. The molecule has 0 spiro atoms. The lowest BCUT2D eigenvalue weighted by atomic mass is 10.1. The van der Waals surface area contributed by atoms with Crippen molar-refractivity contribution in [1.29, 1.82) is 0 Å². The van der Waals surface area contributed by atoms with Crippen LogP contribution in [0.4, 0.5) is 0 Å². The molecule has 0 amide bonds. The Bertz CT molecular complexity index is 558. The van der Waals surface area contributed by atoms with Gasteiger partial charge in [-0.05, 0) is 48.9 Å². The fourth-order valence-electron chi connectivity index (χ4n) is 1.71. The van der Waals surface area contributed by atoms with Crippen molar-refractivity contribution in [3.63, 3.8) is 0 Å². The molecule has 0 radical (unpaired) electrons. The van der Waals surface area contributed by atoms with Crippen molar-refractivity contribution in [2.24, 2.45) is 0 Å². The predicted molar refractivity (Wildman–Crippen MR) is 74.0 cm³/mol. The van der Waals surface area contributed by atoms with E-state index < -0.39 is 0 Å². The number of hydrogen-bond donors (Lipinski definition) is 0. The SMILES string of the molecule is COc1ccc(C(=O)COc2cccc(C)c2)cc1. The lowest BCUT2D eigenvalue weighted by Gasteiger charge is -2.06. The van der Waals surface area contributed by atoms with E-state index in [1.165, 1.54) is 0 Å². The van der Waals surface area contributed by atoms with Crippen molar-refractivity contribution in [2.75, 3.05) is 13.7 Å². The molecule has 0 saturated heterocycles. The number of ether oxygens (including phenoxy) is 2. The summed E-state index contributed by atoms with van der Waals surface area (Å²) in [7, 11) is 1.59. The first-order chi connectivity index (χ1) is 9.19. The molecule has 0 N–H and O–H groups in total. The Balaban J connectivity index is 1.97. The summed E-state index contributed by atoms with van der Waals surface area (Å²) >= 11 is 0. The highest BCUT2D eigenvalue weighted by Gasteiger charge is 2.07. The summed E-state index contributed by atoms with van der Waals surface area (Å²) in [5, 5.41) is 0. The van der Waals surface area contributed by atoms with Gasteiger partial charge in [0.25, 0.3) is 0 Å². The van der Waals surface area contributed by atoms with Gasteiger partial charge < -0.3 is 9.47 Å². The van der Waals surface area contributed by atoms with Crippen LogP contribution in [-0.2, 0) is 0 Å². The molecule has 98 valence electrons. The third-order valence-corrected chi connectivity index (χ3v) is 2.77. The van der Waals surface area contributed by atoms with Gasteiger partial charge in [-0.1, -0.05) is 12.1 Å². The Morgan fingerprint density at radius 2 is 1.79 bits per heavy atom. The quantitative estimate of drug-likeness (QED) is 0.770. The highest BCUT2D eigenvalue weighted by atomic mass is 16.5. The summed E-state index contributed by atoms with van der Waals surface area (Å²) < 4.78 is 10.5. The Morgan fingerprint density at radius 1 is 1.05 bits per heavy atom. The van der Waals surface area contributed by atoms with Gasteiger partial charge in [0.05, 0.1) is 7.11 Å². The number of methoxy groups -OCH3 is 1. The topological polar surface area (TPSA) is 35.5 Å². The first-order valence-corrected chi connectivity index (χ1v) is 6.06. The summed E-state index contributed by atoms with van der Waals surface area (Å²) in [6, 6.07) is 14.6. The molecule has 0 unspecified atom stereocenters. The van der Waals surface area contributed by atoms with Crippen LogP contribution < -0.4 is 9.47 Å². The van der Waals surface area contributed by atoms with Gasteiger partial charge in [-0.15, -0.1) is 0 Å². The smallest absolute Gasteiger partial charge is 0.200 e. The largest absolute Gasteiger partial charge is 0.497 e. The lowest BCUT2D eigenvalue weighted by Crippen LogP contribution is -2.11. The molecule has 0 aromatic heterocycles. The van der Waals surface area contributed by atoms with Gasteiger partial charge in [0.1, 0.15) is 11.5 Å². The number of rotatable bonds is 5. The van der Waals surface area contributed by atoms with Crippen molar-refractivity contribution in [3.8, 4) is 11.5 Å². The number of ketones is 1. The maximum Gasteiger partial charge on any atom is 0.200 e. The summed E-state index contributed by atoms with van der Waals surface area (Å²) in [4.78, 5) is 11.9. The van der Waals surface area contributed by atoms with Crippen LogP contribution in [0.3, 0.4) is 0 Å². The van der Waals surface area contributed by atoms with Crippen LogP contribution in [0, 0.1) is 6.92 Å². The van der Waals surface area contributed by atoms with E-state index in [4.69, 9.17) is 9.47 Å². The van der Waals surface area contributed by atoms with Gasteiger partial charge in [-0.25, -0.2) is 0 Å². The molecule has 19 heavy (non-hydrogen) atoms. The highest BCUT2D eigenvalue weighted by molar-refractivity contribution is 5.97. The van der Waals surface area contributed by atoms with Gasteiger partial charge >= 0.3 is 0 Å². The number of hydrogen-bond acceptors (Lipinski definition) is 3. The molecular weight excluding hydrogens is 240 g/mol. The minimum absolute atomic E-state index is 0.0375. The second-order valence-corrected chi connectivity index (χ2v) is 4.26. The average Bonchev–Trinajstić information content (AvgIpc) is 2.45. The maximum absolute atomic E-state index is 11.9. The van der Waals surface area contributed by atoms with Crippen LogP contribution in [0.1, 0.15) is 15.9 Å². The van der Waals surface area contributed by atoms with Crippen molar-refractivity contribution in [2.45, 2.75) is 6.92 Å². The zero-order valence-electron chi connectivity index (χ0n) is 11.1. The summed E-state index contributed by atoms with van der Waals surface area (Å²) in [5.41, 5.74) is 1.72. The molecule has 0 aliphatic rings. The van der Waals surface area contributed by atoms with Gasteiger partial charge in [0.2, 0.25) is 0 Å². The molecule has 3 nitrogen and oxygen atoms in total. The monoisotopic (exact) mass is 256 g/mol. The van der Waals surface area contributed by atoms with E-state index in [-0.39, 0.29) is 12.4 Å². The van der Waals surface area contributed by atoms with Crippen molar-refractivity contribution in [3.05, 3.63) is 59.7 Å². The van der Waals surface area contributed by atoms with E-state index in [0.29, 0.717) is 11.3 Å². The second kappa shape index (κ2) is 6.05. The minimum atomic E-state index is -0.0517. The standard InChI is InChI=1S/C16H16O3/c1-12-4-3-5-15(10-12)19-11-16(17)13-6-8-14(18-2)9-7-13/h3-10H,11H2,1-2H3. The van der Waals surface area contributed by atoms with Crippen LogP contribution in [0.5, 0.6) is 11.5 Å². The fraction of sp³-hybridized carbons (Fsp3) is 0.188. The van der Waals surface area contributed by atoms with Crippen molar-refractivity contribution < 1.29 is 14.3 Å². The Labute approximate surface area is 112 Å². The number of aryl methyl sites for hydroxylation is 1. The zero-order chi connectivity index (χ0) is 13.7. The Morgan fingerprint density at radius 3 is 2.42 bits per heavy atom. The van der Waals surface area contributed by atoms with Crippen LogP contribution in [0.25, 0.3) is 0 Å². The molecule has 2 aromatic carbocycles. The van der Waals surface area contributed by atoms with Gasteiger partial charge in [0, 0.05) is 5.56 Å². The molecule has 0 fully saturated rings. The molecule has 0 bridgehead atoms. The predicted octanol–water partition coefficient (Wildman–Crippen LogP) is 3.27. The Kier molecular flexibility index (Phi) is 4.18. The second-order valence-electron chi connectivity index (χ2n) is 4.26. The molecule has 0 heterocycles. The first kappa shape index (κ1) is 13.1. The third kappa shape index (κ3) is 3.58. The molecule has 2 aromatic rings. The molecule has 0 saturated carbocycles. The van der Waals surface area contributed by atoms with Gasteiger partial charge in [0.15, 0.2) is 12.4 Å². The molecule has 2 rings (SSSR count). The number of Topliss-reactive ketones (excluding diaryl/α,β-unsaturated/α-hetero) is 1. The van der Waals surface area contributed by atoms with E-state index in [0.717, 1.165) is 11.3 Å². The van der Waals surface area contributed by atoms with Gasteiger partial charge in [-0.2, -0.15) is 0 Å². The third-order valence-electron chi connectivity index (χ3n) is 2.77. The molecular formula is C16H16O3. The van der Waals surface area contributed by atoms with E-state index in [9.17, 15) is 4.79 Å². The number of carbonyl (C=O) groups excluding carboxylic acids is 1. The van der Waals surface area contributed by atoms with Crippen LogP contribution in [0.15, 0.2) is 48.5 Å². The highest BCUT2D eigenvalue weighted by Crippen LogP contribution is 2.14. The number of benzene rings is 2. The van der Waals surface area contributed by atoms with E-state index in [1.54, 1.807) is 31.4 Å². The molecule has 0 aliphatic carbocycles. The van der Waals surface area contributed by atoms with E-state index in [1.807, 2.05) is 31.2 Å². The first-order valence-electron chi connectivity index (χ1n) is 6.06. The van der Waals surface area contributed by atoms with Crippen LogP contribution in [-0.4, -0.2) is 19.5 Å². The van der Waals surface area contributed by atoms with E-state index >= 15 is 0 Å². The zero-order valence-corrected chi connectivity index (χ0v) is 11.1. The van der Waals surface area contributed by atoms with Crippen molar-refractivity contribution in [1.82, 2.24) is 0 Å². The fourth-order valence-corrected chi connectivity index (χ4v) is 1.71.